The van der Waals surface area contributed by atoms with Crippen molar-refractivity contribution in [2.24, 2.45) is 5.92 Å². The van der Waals surface area contributed by atoms with E-state index >= 15 is 0 Å². The summed E-state index contributed by atoms with van der Waals surface area (Å²) in [4.78, 5) is 22.3. The highest BCUT2D eigenvalue weighted by Crippen LogP contribution is 2.31. The molecule has 16 heavy (non-hydrogen) atoms. The lowest BCUT2D eigenvalue weighted by atomic mass is 10.2. The number of rotatable bonds is 2. The zero-order valence-electron chi connectivity index (χ0n) is 9.90. The van der Waals surface area contributed by atoms with Crippen LogP contribution in [0.2, 0.25) is 0 Å². The molecule has 2 unspecified atom stereocenters. The fourth-order valence-electron chi connectivity index (χ4n) is 1.23. The number of amides is 1. The average molecular weight is 252 g/mol. The SMILES string of the molecule is COC(=O)C1CC1NC(=O)OC(C)(C)C.Cl. The molecule has 5 nitrogen and oxygen atoms in total. The van der Waals surface area contributed by atoms with Crippen molar-refractivity contribution in [1.29, 1.82) is 0 Å². The average Bonchev–Trinajstić information content (AvgIpc) is 2.79. The van der Waals surface area contributed by atoms with Gasteiger partial charge in [0.25, 0.3) is 0 Å². The van der Waals surface area contributed by atoms with Crippen molar-refractivity contribution in [1.82, 2.24) is 5.32 Å². The standard InChI is InChI=1S/C10H17NO4.ClH/c1-10(2,3)15-9(13)11-7-5-6(7)8(12)14-4;/h6-7H,5H2,1-4H3,(H,11,13);1H. The van der Waals surface area contributed by atoms with Gasteiger partial charge in [0.1, 0.15) is 5.60 Å². The first-order valence-corrected chi connectivity index (χ1v) is 4.91. The number of carbonyl (C=O) groups excluding carboxylic acids is 2. The van der Waals surface area contributed by atoms with Crippen LogP contribution in [0.3, 0.4) is 0 Å². The molecule has 0 aromatic carbocycles. The van der Waals surface area contributed by atoms with Gasteiger partial charge in [-0.05, 0) is 27.2 Å². The Kier molecular flexibility index (Phi) is 5.06. The number of hydrogen-bond donors (Lipinski definition) is 1. The topological polar surface area (TPSA) is 64.6 Å². The van der Waals surface area contributed by atoms with Gasteiger partial charge in [-0.2, -0.15) is 0 Å². The van der Waals surface area contributed by atoms with E-state index in [1.807, 2.05) is 0 Å². The predicted molar refractivity (Wildman–Crippen MR) is 60.5 cm³/mol. The Labute approximate surface area is 101 Å². The molecule has 1 aliphatic carbocycles. The minimum atomic E-state index is -0.514. The van der Waals surface area contributed by atoms with Gasteiger partial charge in [-0.25, -0.2) is 4.79 Å². The van der Waals surface area contributed by atoms with E-state index < -0.39 is 11.7 Å². The van der Waals surface area contributed by atoms with Crippen LogP contribution in [0.1, 0.15) is 27.2 Å². The molecule has 1 amide bonds. The Morgan fingerprint density at radius 2 is 1.88 bits per heavy atom. The van der Waals surface area contributed by atoms with Crippen LogP contribution in [-0.4, -0.2) is 30.8 Å². The second-order valence-corrected chi connectivity index (χ2v) is 4.62. The lowest BCUT2D eigenvalue weighted by Gasteiger charge is -2.19. The normalized spacial score (nSPS) is 22.8. The van der Waals surface area contributed by atoms with Crippen LogP contribution < -0.4 is 5.32 Å². The van der Waals surface area contributed by atoms with Crippen molar-refractivity contribution in [2.45, 2.75) is 38.8 Å². The summed E-state index contributed by atoms with van der Waals surface area (Å²) < 4.78 is 9.60. The molecule has 0 aromatic heterocycles. The maximum Gasteiger partial charge on any atom is 0.407 e. The summed E-state index contributed by atoms with van der Waals surface area (Å²) in [6, 6.07) is -0.132. The number of halogens is 1. The van der Waals surface area contributed by atoms with E-state index in [1.54, 1.807) is 20.8 Å². The van der Waals surface area contributed by atoms with Crippen molar-refractivity contribution in [3.8, 4) is 0 Å². The molecule has 1 fully saturated rings. The molecule has 1 N–H and O–H groups in total. The summed E-state index contributed by atoms with van der Waals surface area (Å²) in [5, 5.41) is 2.61. The maximum absolute atomic E-state index is 11.3. The number of ether oxygens (including phenoxy) is 2. The van der Waals surface area contributed by atoms with Crippen LogP contribution in [0.15, 0.2) is 0 Å². The van der Waals surface area contributed by atoms with Crippen LogP contribution in [0.25, 0.3) is 0 Å². The molecule has 0 radical (unpaired) electrons. The highest BCUT2D eigenvalue weighted by atomic mass is 35.5. The number of carbonyl (C=O) groups is 2. The largest absolute Gasteiger partial charge is 0.469 e. The fraction of sp³-hybridized carbons (Fsp3) is 0.800. The Morgan fingerprint density at radius 1 is 1.31 bits per heavy atom. The van der Waals surface area contributed by atoms with Gasteiger partial charge in [-0.15, -0.1) is 12.4 Å². The molecule has 0 saturated heterocycles. The molecule has 94 valence electrons. The number of methoxy groups -OCH3 is 1. The van der Waals surface area contributed by atoms with E-state index in [4.69, 9.17) is 4.74 Å². The minimum Gasteiger partial charge on any atom is -0.469 e. The summed E-state index contributed by atoms with van der Waals surface area (Å²) in [6.07, 6.45) is 0.144. The third-order valence-corrected chi connectivity index (χ3v) is 2.00. The van der Waals surface area contributed by atoms with Crippen LogP contribution >= 0.6 is 12.4 Å². The van der Waals surface area contributed by atoms with E-state index in [0.717, 1.165) is 0 Å². The Bertz CT molecular complexity index is 274. The molecule has 0 bridgehead atoms. The highest BCUT2D eigenvalue weighted by molar-refractivity contribution is 5.85. The number of nitrogens with one attached hydrogen (secondary N) is 1. The smallest absolute Gasteiger partial charge is 0.407 e. The minimum absolute atomic E-state index is 0. The van der Waals surface area contributed by atoms with Crippen molar-refractivity contribution in [3.05, 3.63) is 0 Å². The Morgan fingerprint density at radius 3 is 2.31 bits per heavy atom. The van der Waals surface area contributed by atoms with E-state index in [1.165, 1.54) is 7.11 Å². The van der Waals surface area contributed by atoms with Gasteiger partial charge in [0, 0.05) is 6.04 Å². The van der Waals surface area contributed by atoms with Crippen molar-refractivity contribution >= 4 is 24.5 Å². The zero-order valence-corrected chi connectivity index (χ0v) is 10.7. The van der Waals surface area contributed by atoms with Crippen LogP contribution in [0.5, 0.6) is 0 Å². The molecule has 0 aromatic rings. The first-order valence-electron chi connectivity index (χ1n) is 4.91. The summed E-state index contributed by atoms with van der Waals surface area (Å²) in [5.74, 6) is -0.487. The fourth-order valence-corrected chi connectivity index (χ4v) is 1.23. The van der Waals surface area contributed by atoms with Crippen LogP contribution in [0, 0.1) is 5.92 Å². The van der Waals surface area contributed by atoms with Gasteiger partial charge in [-0.3, -0.25) is 4.79 Å². The number of esters is 1. The van der Waals surface area contributed by atoms with E-state index in [0.29, 0.717) is 6.42 Å². The third-order valence-electron chi connectivity index (χ3n) is 2.00. The predicted octanol–water partition coefficient (Wildman–Crippen LogP) is 1.49. The number of alkyl carbamates (subject to hydrolysis) is 1. The quantitative estimate of drug-likeness (QED) is 0.756. The second kappa shape index (κ2) is 5.39. The Hall–Kier alpha value is -0.970. The van der Waals surface area contributed by atoms with E-state index in [2.05, 4.69) is 10.1 Å². The molecule has 1 rings (SSSR count). The first kappa shape index (κ1) is 15.0. The summed E-state index contributed by atoms with van der Waals surface area (Å²) in [6.45, 7) is 5.37. The van der Waals surface area contributed by atoms with Crippen molar-refractivity contribution < 1.29 is 19.1 Å². The van der Waals surface area contributed by atoms with Gasteiger partial charge >= 0.3 is 12.1 Å². The third kappa shape index (κ3) is 4.70. The number of hydrogen-bond acceptors (Lipinski definition) is 4. The van der Waals surface area contributed by atoms with Gasteiger partial charge in [0.05, 0.1) is 13.0 Å². The summed E-state index contributed by atoms with van der Waals surface area (Å²) in [5.41, 5.74) is -0.514. The molecule has 0 heterocycles. The van der Waals surface area contributed by atoms with Gasteiger partial charge in [0.2, 0.25) is 0 Å². The second-order valence-electron chi connectivity index (χ2n) is 4.62. The van der Waals surface area contributed by atoms with Gasteiger partial charge < -0.3 is 14.8 Å². The molecule has 0 spiro atoms. The van der Waals surface area contributed by atoms with Crippen LogP contribution in [-0.2, 0) is 14.3 Å². The van der Waals surface area contributed by atoms with Gasteiger partial charge in [0.15, 0.2) is 0 Å². The zero-order chi connectivity index (χ0) is 11.6. The lowest BCUT2D eigenvalue weighted by molar-refractivity contribution is -0.142. The van der Waals surface area contributed by atoms with Crippen molar-refractivity contribution in [2.75, 3.05) is 7.11 Å². The summed E-state index contributed by atoms with van der Waals surface area (Å²) >= 11 is 0. The van der Waals surface area contributed by atoms with Crippen LogP contribution in [0.4, 0.5) is 4.79 Å². The molecule has 0 aliphatic heterocycles. The highest BCUT2D eigenvalue weighted by Gasteiger charge is 2.45. The lowest BCUT2D eigenvalue weighted by Crippen LogP contribution is -2.35. The molecule has 6 heteroatoms. The molecular formula is C10H18ClNO4. The van der Waals surface area contributed by atoms with Crippen molar-refractivity contribution in [3.63, 3.8) is 0 Å². The van der Waals surface area contributed by atoms with E-state index in [9.17, 15) is 9.59 Å². The molecular weight excluding hydrogens is 234 g/mol. The Balaban J connectivity index is 0.00000225. The first-order chi connectivity index (χ1) is 6.83. The monoisotopic (exact) mass is 251 g/mol. The maximum atomic E-state index is 11.3. The summed E-state index contributed by atoms with van der Waals surface area (Å²) in [7, 11) is 1.34. The van der Waals surface area contributed by atoms with E-state index in [-0.39, 0.29) is 30.3 Å². The molecule has 1 saturated carbocycles. The van der Waals surface area contributed by atoms with Gasteiger partial charge in [-0.1, -0.05) is 0 Å². The molecule has 1 aliphatic rings. The molecule has 2 atom stereocenters.